The van der Waals surface area contributed by atoms with Crippen molar-refractivity contribution in [1.82, 2.24) is 0 Å². The van der Waals surface area contributed by atoms with Crippen molar-refractivity contribution in [2.24, 2.45) is 4.99 Å². The Morgan fingerprint density at radius 2 is 2.23 bits per heavy atom. The maximum atomic E-state index is 12.1. The maximum Gasteiger partial charge on any atom is 0.234 e. The number of fused-ring (bicyclic) bond motifs is 1. The molecule has 7 heteroatoms. The van der Waals surface area contributed by atoms with Crippen molar-refractivity contribution >= 4 is 56.2 Å². The molecule has 0 atom stereocenters. The van der Waals surface area contributed by atoms with Gasteiger partial charge in [0.05, 0.1) is 18.0 Å². The number of hydrogen-bond acceptors (Lipinski definition) is 6. The first-order chi connectivity index (χ1) is 10.6. The number of nitrogens with zero attached hydrogens (tertiary/aromatic N) is 1. The fourth-order valence-electron chi connectivity index (χ4n) is 2.12. The van der Waals surface area contributed by atoms with Crippen LogP contribution in [0.4, 0.5) is 5.69 Å². The number of anilines is 1. The van der Waals surface area contributed by atoms with Crippen molar-refractivity contribution in [1.29, 1.82) is 0 Å². The van der Waals surface area contributed by atoms with Gasteiger partial charge in [0.15, 0.2) is 11.5 Å². The molecule has 2 heterocycles. The van der Waals surface area contributed by atoms with Gasteiger partial charge < -0.3 is 9.73 Å². The Bertz CT molecular complexity index is 767. The average molecular weight is 334 g/mol. The number of carbonyl (C=O) groups excluding carboxylic acids is 2. The zero-order valence-electron chi connectivity index (χ0n) is 11.9. The van der Waals surface area contributed by atoms with E-state index in [2.05, 4.69) is 10.3 Å². The van der Waals surface area contributed by atoms with Gasteiger partial charge in [0.2, 0.25) is 5.91 Å². The van der Waals surface area contributed by atoms with Gasteiger partial charge in [-0.1, -0.05) is 35.7 Å². The molecule has 114 valence electrons. The van der Waals surface area contributed by atoms with Crippen molar-refractivity contribution < 1.29 is 14.0 Å². The first-order valence-corrected chi connectivity index (χ1v) is 8.74. The Morgan fingerprint density at radius 1 is 1.41 bits per heavy atom. The van der Waals surface area contributed by atoms with E-state index in [4.69, 9.17) is 4.42 Å². The number of aliphatic imine (C=N–C) groups is 1. The van der Waals surface area contributed by atoms with Crippen LogP contribution in [-0.4, -0.2) is 34.1 Å². The number of furan rings is 1. The van der Waals surface area contributed by atoms with Crippen LogP contribution in [-0.2, 0) is 4.79 Å². The van der Waals surface area contributed by atoms with E-state index in [1.54, 1.807) is 17.8 Å². The molecule has 0 bridgehead atoms. The second kappa shape index (κ2) is 6.58. The van der Waals surface area contributed by atoms with Gasteiger partial charge in [-0.3, -0.25) is 14.6 Å². The Morgan fingerprint density at radius 3 is 2.95 bits per heavy atom. The third kappa shape index (κ3) is 3.20. The van der Waals surface area contributed by atoms with Crippen LogP contribution in [0.15, 0.2) is 33.7 Å². The molecule has 0 aliphatic carbocycles. The molecule has 0 saturated carbocycles. The highest BCUT2D eigenvalue weighted by Gasteiger charge is 2.20. The van der Waals surface area contributed by atoms with Gasteiger partial charge in [-0.15, -0.1) is 0 Å². The predicted molar refractivity (Wildman–Crippen MR) is 92.1 cm³/mol. The molecule has 1 amide bonds. The first kappa shape index (κ1) is 15.2. The van der Waals surface area contributed by atoms with Crippen LogP contribution < -0.4 is 5.32 Å². The molecule has 1 aromatic carbocycles. The zero-order chi connectivity index (χ0) is 15.5. The minimum Gasteiger partial charge on any atom is -0.451 e. The number of rotatable bonds is 4. The summed E-state index contributed by atoms with van der Waals surface area (Å²) in [4.78, 5) is 28.1. The normalized spacial score (nSPS) is 14.1. The van der Waals surface area contributed by atoms with Crippen LogP contribution in [0.3, 0.4) is 0 Å². The summed E-state index contributed by atoms with van der Waals surface area (Å²) in [5, 5.41) is 3.54. The second-order valence-corrected chi connectivity index (χ2v) is 7.00. The van der Waals surface area contributed by atoms with E-state index in [0.29, 0.717) is 11.3 Å². The van der Waals surface area contributed by atoms with Gasteiger partial charge in [-0.2, -0.15) is 0 Å². The van der Waals surface area contributed by atoms with E-state index in [1.165, 1.54) is 18.7 Å². The largest absolute Gasteiger partial charge is 0.451 e. The number of benzene rings is 1. The Kier molecular flexibility index (Phi) is 4.54. The molecule has 1 N–H and O–H groups in total. The summed E-state index contributed by atoms with van der Waals surface area (Å²) in [7, 11) is 0. The van der Waals surface area contributed by atoms with E-state index < -0.39 is 0 Å². The Balaban J connectivity index is 1.78. The minimum atomic E-state index is -0.213. The molecule has 2 aromatic rings. The molecule has 0 fully saturated rings. The van der Waals surface area contributed by atoms with Gasteiger partial charge in [0.1, 0.15) is 9.96 Å². The molecule has 0 radical (unpaired) electrons. The molecule has 1 aliphatic rings. The van der Waals surface area contributed by atoms with Crippen LogP contribution in [0, 0.1) is 0 Å². The number of ketones is 1. The minimum absolute atomic E-state index is 0.172. The highest BCUT2D eigenvalue weighted by Crippen LogP contribution is 2.31. The Hall–Kier alpha value is -1.73. The quantitative estimate of drug-likeness (QED) is 0.868. The van der Waals surface area contributed by atoms with E-state index in [-0.39, 0.29) is 23.2 Å². The van der Waals surface area contributed by atoms with Crippen LogP contribution in [0.5, 0.6) is 0 Å². The lowest BCUT2D eigenvalue weighted by atomic mass is 10.2. The number of carbonyl (C=O) groups is 2. The van der Waals surface area contributed by atoms with Crippen LogP contribution in [0.2, 0.25) is 0 Å². The second-order valence-electron chi connectivity index (χ2n) is 4.69. The molecule has 0 spiro atoms. The summed E-state index contributed by atoms with van der Waals surface area (Å²) >= 11 is 3.08. The number of para-hydroxylation sites is 1. The molecule has 1 aromatic heterocycles. The highest BCUT2D eigenvalue weighted by molar-refractivity contribution is 8.39. The van der Waals surface area contributed by atoms with E-state index in [0.717, 1.165) is 22.1 Å². The summed E-state index contributed by atoms with van der Waals surface area (Å²) in [6.07, 6.45) is 0. The number of hydrogen-bond donors (Lipinski definition) is 1. The highest BCUT2D eigenvalue weighted by atomic mass is 32.2. The lowest BCUT2D eigenvalue weighted by Gasteiger charge is -2.04. The maximum absolute atomic E-state index is 12.1. The fraction of sp³-hybridized carbons (Fsp3) is 0.267. The molecule has 5 nitrogen and oxygen atoms in total. The lowest BCUT2D eigenvalue weighted by molar-refractivity contribution is -0.113. The molecule has 0 unspecified atom stereocenters. The van der Waals surface area contributed by atoms with E-state index in [1.807, 2.05) is 18.2 Å². The Labute approximate surface area is 135 Å². The van der Waals surface area contributed by atoms with Gasteiger partial charge in [0.25, 0.3) is 0 Å². The molecule has 1 aliphatic heterocycles. The summed E-state index contributed by atoms with van der Waals surface area (Å²) in [6.45, 7) is 2.24. The lowest BCUT2D eigenvalue weighted by Crippen LogP contribution is -2.16. The van der Waals surface area contributed by atoms with E-state index >= 15 is 0 Å². The summed E-state index contributed by atoms with van der Waals surface area (Å²) in [5.41, 5.74) is 1.04. The standard InChI is InChI=1S/C15H14N2O3S2/c1-9(18)14-13(10-4-2-3-5-11(10)20-14)17-12(19)8-22-15-16-6-7-21-15/h2-5H,6-8H2,1H3,(H,17,19). The smallest absolute Gasteiger partial charge is 0.234 e. The number of nitrogens with one attached hydrogen (secondary N) is 1. The molecule has 3 rings (SSSR count). The number of amides is 1. The third-order valence-corrected chi connectivity index (χ3v) is 5.32. The first-order valence-electron chi connectivity index (χ1n) is 6.77. The third-order valence-electron chi connectivity index (χ3n) is 3.06. The average Bonchev–Trinajstić information content (AvgIpc) is 3.13. The van der Waals surface area contributed by atoms with Crippen molar-refractivity contribution in [2.45, 2.75) is 6.92 Å². The molecular formula is C15H14N2O3S2. The van der Waals surface area contributed by atoms with Crippen LogP contribution in [0.1, 0.15) is 17.5 Å². The van der Waals surface area contributed by atoms with Crippen LogP contribution in [0.25, 0.3) is 11.0 Å². The van der Waals surface area contributed by atoms with Gasteiger partial charge >= 0.3 is 0 Å². The zero-order valence-corrected chi connectivity index (χ0v) is 13.6. The molecular weight excluding hydrogens is 320 g/mol. The number of Topliss-reactive ketones (excluding diaryl/α,β-unsaturated/α-hetero) is 1. The monoisotopic (exact) mass is 334 g/mol. The molecule has 0 saturated heterocycles. The van der Waals surface area contributed by atoms with E-state index in [9.17, 15) is 9.59 Å². The van der Waals surface area contributed by atoms with Crippen molar-refractivity contribution in [3.63, 3.8) is 0 Å². The fourth-order valence-corrected chi connectivity index (χ4v) is 3.93. The van der Waals surface area contributed by atoms with Crippen molar-refractivity contribution in [2.75, 3.05) is 23.4 Å². The van der Waals surface area contributed by atoms with Crippen molar-refractivity contribution in [3.05, 3.63) is 30.0 Å². The van der Waals surface area contributed by atoms with Crippen molar-refractivity contribution in [3.8, 4) is 0 Å². The number of thioether (sulfide) groups is 2. The van der Waals surface area contributed by atoms with Gasteiger partial charge in [-0.05, 0) is 12.1 Å². The predicted octanol–water partition coefficient (Wildman–Crippen LogP) is 3.41. The topological polar surface area (TPSA) is 71.7 Å². The van der Waals surface area contributed by atoms with Gasteiger partial charge in [0, 0.05) is 18.1 Å². The SMILES string of the molecule is CC(=O)c1oc2ccccc2c1NC(=O)CSC1=NCCS1. The summed E-state index contributed by atoms with van der Waals surface area (Å²) in [6, 6.07) is 7.27. The van der Waals surface area contributed by atoms with Crippen LogP contribution >= 0.6 is 23.5 Å². The summed E-state index contributed by atoms with van der Waals surface area (Å²) < 4.78 is 6.48. The summed E-state index contributed by atoms with van der Waals surface area (Å²) in [5.74, 6) is 1.05. The van der Waals surface area contributed by atoms with Gasteiger partial charge in [-0.25, -0.2) is 0 Å². The molecule has 22 heavy (non-hydrogen) atoms.